The number of nitrogens with two attached hydrogens (primary N) is 1. The van der Waals surface area contributed by atoms with E-state index in [1.165, 1.54) is 0 Å². The molecule has 0 heterocycles. The van der Waals surface area contributed by atoms with Crippen molar-refractivity contribution < 1.29 is 14.6 Å². The van der Waals surface area contributed by atoms with Crippen LogP contribution in [0.4, 0.5) is 5.69 Å². The van der Waals surface area contributed by atoms with Crippen molar-refractivity contribution in [2.75, 3.05) is 5.73 Å². The van der Waals surface area contributed by atoms with Gasteiger partial charge < -0.3 is 15.6 Å². The zero-order chi connectivity index (χ0) is 10.6. The smallest absolute Gasteiger partial charge is 0.344 e. The lowest BCUT2D eigenvalue weighted by Gasteiger charge is -2.12. The zero-order valence-corrected chi connectivity index (χ0v) is 7.93. The molecule has 14 heavy (non-hydrogen) atoms. The number of aliphatic carboxylic acids is 1. The normalized spacial score (nSPS) is 12.1. The molecule has 1 aromatic rings. The van der Waals surface area contributed by atoms with Crippen LogP contribution in [0.25, 0.3) is 0 Å². The van der Waals surface area contributed by atoms with Crippen molar-refractivity contribution in [1.82, 2.24) is 0 Å². The Hall–Kier alpha value is -1.71. The second-order valence-corrected chi connectivity index (χ2v) is 2.92. The summed E-state index contributed by atoms with van der Waals surface area (Å²) in [6.45, 7) is 1.76. The number of carboxylic acid groups (broad SMARTS) is 1. The van der Waals surface area contributed by atoms with Gasteiger partial charge in [0.15, 0.2) is 6.10 Å². The number of anilines is 1. The summed E-state index contributed by atoms with van der Waals surface area (Å²) in [4.78, 5) is 10.7. The van der Waals surface area contributed by atoms with Gasteiger partial charge >= 0.3 is 5.97 Å². The molecular weight excluding hydrogens is 182 g/mol. The van der Waals surface area contributed by atoms with E-state index in [0.717, 1.165) is 0 Å². The summed E-state index contributed by atoms with van der Waals surface area (Å²) in [5.41, 5.74) is 6.10. The highest BCUT2D eigenvalue weighted by Gasteiger charge is 2.16. The van der Waals surface area contributed by atoms with Crippen LogP contribution in [-0.2, 0) is 4.79 Å². The topological polar surface area (TPSA) is 72.5 Å². The summed E-state index contributed by atoms with van der Waals surface area (Å²) in [6.07, 6.45) is -0.363. The number of carboxylic acids is 1. The molecule has 0 bridgehead atoms. The maximum absolute atomic E-state index is 10.7. The molecule has 1 atom stereocenters. The van der Waals surface area contributed by atoms with Crippen molar-refractivity contribution in [3.63, 3.8) is 0 Å². The van der Waals surface area contributed by atoms with Crippen molar-refractivity contribution >= 4 is 11.7 Å². The Morgan fingerprint density at radius 2 is 2.07 bits per heavy atom. The molecule has 0 unspecified atom stereocenters. The van der Waals surface area contributed by atoms with Crippen LogP contribution in [0.2, 0.25) is 0 Å². The van der Waals surface area contributed by atoms with Crippen LogP contribution in [0.3, 0.4) is 0 Å². The van der Waals surface area contributed by atoms with E-state index in [1.807, 2.05) is 0 Å². The lowest BCUT2D eigenvalue weighted by molar-refractivity contribution is -0.145. The molecular formula is C10H13NO3. The monoisotopic (exact) mass is 195 g/mol. The molecule has 3 N–H and O–H groups in total. The Morgan fingerprint density at radius 3 is 2.50 bits per heavy atom. The van der Waals surface area contributed by atoms with Crippen LogP contribution < -0.4 is 10.5 Å². The molecule has 4 nitrogen and oxygen atoms in total. The predicted octanol–water partition coefficient (Wildman–Crippen LogP) is 1.51. The first-order chi connectivity index (χ1) is 6.63. The van der Waals surface area contributed by atoms with Crippen molar-refractivity contribution in [2.45, 2.75) is 19.4 Å². The van der Waals surface area contributed by atoms with Crippen LogP contribution in [-0.4, -0.2) is 17.2 Å². The van der Waals surface area contributed by atoms with E-state index in [-0.39, 0.29) is 0 Å². The number of nitrogen functional groups attached to an aromatic ring is 1. The maximum atomic E-state index is 10.7. The molecule has 0 amide bonds. The van der Waals surface area contributed by atoms with E-state index < -0.39 is 12.1 Å². The average molecular weight is 195 g/mol. The zero-order valence-electron chi connectivity index (χ0n) is 7.93. The molecule has 0 fully saturated rings. The molecule has 1 aromatic carbocycles. The van der Waals surface area contributed by atoms with Crippen LogP contribution >= 0.6 is 0 Å². The Balaban J connectivity index is 2.67. The van der Waals surface area contributed by atoms with Crippen LogP contribution in [0.1, 0.15) is 13.3 Å². The van der Waals surface area contributed by atoms with Crippen LogP contribution in [0.15, 0.2) is 24.3 Å². The van der Waals surface area contributed by atoms with Crippen molar-refractivity contribution in [3.05, 3.63) is 24.3 Å². The fourth-order valence-corrected chi connectivity index (χ4v) is 1.02. The highest BCUT2D eigenvalue weighted by atomic mass is 16.5. The second-order valence-electron chi connectivity index (χ2n) is 2.92. The van der Waals surface area contributed by atoms with E-state index in [1.54, 1.807) is 31.2 Å². The van der Waals surface area contributed by atoms with Gasteiger partial charge in [0.05, 0.1) is 0 Å². The van der Waals surface area contributed by atoms with Gasteiger partial charge in [0.25, 0.3) is 0 Å². The molecule has 1 rings (SSSR count). The lowest BCUT2D eigenvalue weighted by atomic mass is 10.2. The quantitative estimate of drug-likeness (QED) is 0.714. The van der Waals surface area contributed by atoms with E-state index in [4.69, 9.17) is 15.6 Å². The average Bonchev–Trinajstić information content (AvgIpc) is 2.16. The Bertz CT molecular complexity index is 308. The van der Waals surface area contributed by atoms with Gasteiger partial charge in [-0.15, -0.1) is 0 Å². The number of benzene rings is 1. The summed E-state index contributed by atoms with van der Waals surface area (Å²) < 4.78 is 5.22. The Morgan fingerprint density at radius 1 is 1.50 bits per heavy atom. The minimum Gasteiger partial charge on any atom is -0.479 e. The first kappa shape index (κ1) is 10.4. The van der Waals surface area contributed by atoms with E-state index in [2.05, 4.69) is 0 Å². The molecule has 0 spiro atoms. The predicted molar refractivity (Wildman–Crippen MR) is 53.2 cm³/mol. The minimum atomic E-state index is -0.954. The third-order valence-corrected chi connectivity index (χ3v) is 1.80. The van der Waals surface area contributed by atoms with Crippen LogP contribution in [0, 0.1) is 0 Å². The van der Waals surface area contributed by atoms with E-state index in [0.29, 0.717) is 17.9 Å². The van der Waals surface area contributed by atoms with Crippen molar-refractivity contribution in [2.24, 2.45) is 0 Å². The van der Waals surface area contributed by atoms with Gasteiger partial charge in [-0.05, 0) is 30.7 Å². The Labute approximate surface area is 82.3 Å². The van der Waals surface area contributed by atoms with Gasteiger partial charge in [-0.3, -0.25) is 0 Å². The third kappa shape index (κ3) is 2.65. The van der Waals surface area contributed by atoms with Crippen LogP contribution in [0.5, 0.6) is 5.75 Å². The first-order valence-corrected chi connectivity index (χ1v) is 4.38. The summed E-state index contributed by atoms with van der Waals surface area (Å²) in [5.74, 6) is -0.433. The second kappa shape index (κ2) is 4.50. The standard InChI is InChI=1S/C10H13NO3/c1-2-9(10(12)13)14-8-5-3-7(11)4-6-8/h3-6,9H,2,11H2,1H3,(H,12,13)/t9-/m1/s1. The molecule has 0 aliphatic heterocycles. The van der Waals surface area contributed by atoms with Gasteiger partial charge in [-0.1, -0.05) is 6.92 Å². The number of ether oxygens (including phenoxy) is 1. The van der Waals surface area contributed by atoms with Crippen molar-refractivity contribution in [3.8, 4) is 5.75 Å². The molecule has 4 heteroatoms. The van der Waals surface area contributed by atoms with Gasteiger partial charge in [0.2, 0.25) is 0 Å². The highest BCUT2D eigenvalue weighted by molar-refractivity contribution is 5.72. The third-order valence-electron chi connectivity index (χ3n) is 1.80. The largest absolute Gasteiger partial charge is 0.479 e. The van der Waals surface area contributed by atoms with Gasteiger partial charge in [0.1, 0.15) is 5.75 Å². The summed E-state index contributed by atoms with van der Waals surface area (Å²) in [6, 6.07) is 6.65. The minimum absolute atomic E-state index is 0.430. The molecule has 0 aliphatic carbocycles. The Kier molecular flexibility index (Phi) is 3.34. The van der Waals surface area contributed by atoms with Gasteiger partial charge in [-0.2, -0.15) is 0 Å². The fourth-order valence-electron chi connectivity index (χ4n) is 1.02. The number of carbonyl (C=O) groups is 1. The highest BCUT2D eigenvalue weighted by Crippen LogP contribution is 2.15. The summed E-state index contributed by atoms with van der Waals surface area (Å²) >= 11 is 0. The van der Waals surface area contributed by atoms with Gasteiger partial charge in [-0.25, -0.2) is 4.79 Å². The lowest BCUT2D eigenvalue weighted by Crippen LogP contribution is -2.25. The van der Waals surface area contributed by atoms with E-state index >= 15 is 0 Å². The van der Waals surface area contributed by atoms with Gasteiger partial charge in [0, 0.05) is 5.69 Å². The molecule has 0 saturated carbocycles. The molecule has 0 saturated heterocycles. The summed E-state index contributed by atoms with van der Waals surface area (Å²) in [7, 11) is 0. The molecule has 76 valence electrons. The molecule has 0 aliphatic rings. The van der Waals surface area contributed by atoms with Crippen molar-refractivity contribution in [1.29, 1.82) is 0 Å². The molecule has 0 aromatic heterocycles. The fraction of sp³-hybridized carbons (Fsp3) is 0.300. The van der Waals surface area contributed by atoms with E-state index in [9.17, 15) is 4.79 Å². The number of hydrogen-bond donors (Lipinski definition) is 2. The number of hydrogen-bond acceptors (Lipinski definition) is 3. The SMILES string of the molecule is CC[C@@H](Oc1ccc(N)cc1)C(=O)O. The maximum Gasteiger partial charge on any atom is 0.344 e. The summed E-state index contributed by atoms with van der Waals surface area (Å²) in [5, 5.41) is 8.74. The number of rotatable bonds is 4. The first-order valence-electron chi connectivity index (χ1n) is 4.38. The molecule has 0 radical (unpaired) electrons.